The number of carbonyl (C=O) groups is 1. The van der Waals surface area contributed by atoms with Gasteiger partial charge in [-0.3, -0.25) is 14.9 Å². The fraction of sp³-hybridized carbons (Fsp3) is 0.111. The quantitative estimate of drug-likeness (QED) is 0.369. The van der Waals surface area contributed by atoms with Gasteiger partial charge in [-0.05, 0) is 35.9 Å². The van der Waals surface area contributed by atoms with Crippen LogP contribution in [0, 0.1) is 21.4 Å². The molecule has 0 spiro atoms. The zero-order valence-electron chi connectivity index (χ0n) is 14.1. The van der Waals surface area contributed by atoms with Crippen LogP contribution < -0.4 is 14.8 Å². The van der Waals surface area contributed by atoms with Crippen LogP contribution in [0.2, 0.25) is 0 Å². The van der Waals surface area contributed by atoms with Gasteiger partial charge in [-0.15, -0.1) is 0 Å². The standard InChI is InChI=1S/C18H15N3O5/c1-25-14-5-3-4-12(9-14)8-13(11-19)18(22)20-16-7-6-15(26-2)10-17(16)21(23)24/h3-10H,1-2H3,(H,20,22)/b13-8+. The summed E-state index contributed by atoms with van der Waals surface area (Å²) >= 11 is 0. The summed E-state index contributed by atoms with van der Waals surface area (Å²) in [6.45, 7) is 0. The molecule has 0 bridgehead atoms. The monoisotopic (exact) mass is 353 g/mol. The first-order valence-corrected chi connectivity index (χ1v) is 7.38. The number of rotatable bonds is 6. The topological polar surface area (TPSA) is 114 Å². The van der Waals surface area contributed by atoms with Gasteiger partial charge in [0.25, 0.3) is 11.6 Å². The molecule has 2 rings (SSSR count). The number of hydrogen-bond donors (Lipinski definition) is 1. The van der Waals surface area contributed by atoms with E-state index in [1.807, 2.05) is 0 Å². The SMILES string of the molecule is COc1cccc(/C=C(\C#N)C(=O)Nc2ccc(OC)cc2[N+](=O)[O-])c1. The van der Waals surface area contributed by atoms with Gasteiger partial charge < -0.3 is 14.8 Å². The lowest BCUT2D eigenvalue weighted by Gasteiger charge is -2.07. The third-order valence-corrected chi connectivity index (χ3v) is 3.42. The highest BCUT2D eigenvalue weighted by Crippen LogP contribution is 2.29. The molecule has 26 heavy (non-hydrogen) atoms. The molecule has 0 aliphatic heterocycles. The van der Waals surface area contributed by atoms with E-state index in [0.29, 0.717) is 11.3 Å². The van der Waals surface area contributed by atoms with Gasteiger partial charge in [0.1, 0.15) is 28.8 Å². The molecular formula is C18H15N3O5. The van der Waals surface area contributed by atoms with E-state index in [2.05, 4.69) is 5.32 Å². The van der Waals surface area contributed by atoms with Crippen molar-refractivity contribution in [3.8, 4) is 17.6 Å². The maximum atomic E-state index is 12.3. The summed E-state index contributed by atoms with van der Waals surface area (Å²) in [5.74, 6) is 0.0907. The van der Waals surface area contributed by atoms with Gasteiger partial charge in [-0.1, -0.05) is 12.1 Å². The van der Waals surface area contributed by atoms with Crippen molar-refractivity contribution in [2.75, 3.05) is 19.5 Å². The van der Waals surface area contributed by atoms with Crippen LogP contribution in [-0.4, -0.2) is 25.1 Å². The first-order chi connectivity index (χ1) is 12.5. The van der Waals surface area contributed by atoms with Gasteiger partial charge >= 0.3 is 0 Å². The average molecular weight is 353 g/mol. The Hall–Kier alpha value is -3.86. The zero-order chi connectivity index (χ0) is 19.1. The molecule has 0 saturated heterocycles. The average Bonchev–Trinajstić information content (AvgIpc) is 2.66. The second kappa shape index (κ2) is 8.30. The van der Waals surface area contributed by atoms with Gasteiger partial charge in [0.05, 0.1) is 25.2 Å². The maximum absolute atomic E-state index is 12.3. The number of nitriles is 1. The highest BCUT2D eigenvalue weighted by atomic mass is 16.6. The molecule has 0 saturated carbocycles. The number of nitrogens with one attached hydrogen (secondary N) is 1. The molecule has 1 N–H and O–H groups in total. The van der Waals surface area contributed by atoms with E-state index in [4.69, 9.17) is 9.47 Å². The Labute approximate surface area is 149 Å². The van der Waals surface area contributed by atoms with E-state index in [0.717, 1.165) is 0 Å². The normalized spacial score (nSPS) is 10.6. The molecule has 0 unspecified atom stereocenters. The fourth-order valence-corrected chi connectivity index (χ4v) is 2.13. The molecule has 0 aliphatic carbocycles. The van der Waals surface area contributed by atoms with E-state index in [9.17, 15) is 20.2 Å². The maximum Gasteiger partial charge on any atom is 0.296 e. The van der Waals surface area contributed by atoms with E-state index >= 15 is 0 Å². The van der Waals surface area contributed by atoms with Crippen LogP contribution in [0.5, 0.6) is 11.5 Å². The number of nitro benzene ring substituents is 1. The number of anilines is 1. The minimum Gasteiger partial charge on any atom is -0.497 e. The third-order valence-electron chi connectivity index (χ3n) is 3.42. The molecule has 1 amide bonds. The molecule has 0 atom stereocenters. The Bertz CT molecular complexity index is 915. The van der Waals surface area contributed by atoms with Gasteiger partial charge in [0.15, 0.2) is 0 Å². The van der Waals surface area contributed by atoms with Crippen molar-refractivity contribution < 1.29 is 19.2 Å². The zero-order valence-corrected chi connectivity index (χ0v) is 14.1. The van der Waals surface area contributed by atoms with Crippen molar-refractivity contribution in [2.24, 2.45) is 0 Å². The van der Waals surface area contributed by atoms with Crippen molar-refractivity contribution in [3.63, 3.8) is 0 Å². The number of benzene rings is 2. The number of amides is 1. The second-order valence-electron chi connectivity index (χ2n) is 5.04. The Morgan fingerprint density at radius 2 is 1.88 bits per heavy atom. The highest BCUT2D eigenvalue weighted by Gasteiger charge is 2.19. The fourth-order valence-electron chi connectivity index (χ4n) is 2.13. The summed E-state index contributed by atoms with van der Waals surface area (Å²) in [5.41, 5.74) is 0.00705. The van der Waals surface area contributed by atoms with Crippen LogP contribution in [0.3, 0.4) is 0 Å². The molecule has 0 radical (unpaired) electrons. The van der Waals surface area contributed by atoms with E-state index in [1.165, 1.54) is 38.5 Å². The molecular weight excluding hydrogens is 338 g/mol. The second-order valence-corrected chi connectivity index (χ2v) is 5.04. The Kier molecular flexibility index (Phi) is 5.90. The van der Waals surface area contributed by atoms with Crippen molar-refractivity contribution in [1.82, 2.24) is 0 Å². The van der Waals surface area contributed by atoms with Crippen molar-refractivity contribution in [3.05, 3.63) is 63.7 Å². The van der Waals surface area contributed by atoms with Crippen LogP contribution >= 0.6 is 0 Å². The Balaban J connectivity index is 2.31. The van der Waals surface area contributed by atoms with Gasteiger partial charge in [-0.2, -0.15) is 5.26 Å². The Morgan fingerprint density at radius 3 is 2.50 bits per heavy atom. The summed E-state index contributed by atoms with van der Waals surface area (Å²) in [5, 5.41) is 22.8. The third kappa shape index (κ3) is 4.36. The van der Waals surface area contributed by atoms with Crippen molar-refractivity contribution in [1.29, 1.82) is 5.26 Å². The lowest BCUT2D eigenvalue weighted by Crippen LogP contribution is -2.14. The molecule has 0 aromatic heterocycles. The largest absolute Gasteiger partial charge is 0.497 e. The lowest BCUT2D eigenvalue weighted by molar-refractivity contribution is -0.384. The highest BCUT2D eigenvalue weighted by molar-refractivity contribution is 6.10. The van der Waals surface area contributed by atoms with Crippen LogP contribution in [0.4, 0.5) is 11.4 Å². The van der Waals surface area contributed by atoms with Crippen molar-refractivity contribution in [2.45, 2.75) is 0 Å². The van der Waals surface area contributed by atoms with E-state index in [1.54, 1.807) is 30.3 Å². The number of carbonyl (C=O) groups excluding carboxylic acids is 1. The van der Waals surface area contributed by atoms with Gasteiger partial charge in [-0.25, -0.2) is 0 Å². The van der Waals surface area contributed by atoms with E-state index < -0.39 is 10.8 Å². The molecule has 132 valence electrons. The van der Waals surface area contributed by atoms with Gasteiger partial charge in [0, 0.05) is 0 Å². The molecule has 0 aliphatic rings. The van der Waals surface area contributed by atoms with Gasteiger partial charge in [0.2, 0.25) is 0 Å². The van der Waals surface area contributed by atoms with Crippen LogP contribution in [0.25, 0.3) is 6.08 Å². The predicted molar refractivity (Wildman–Crippen MR) is 94.9 cm³/mol. The van der Waals surface area contributed by atoms with Crippen LogP contribution in [-0.2, 0) is 4.79 Å². The predicted octanol–water partition coefficient (Wildman–Crippen LogP) is 3.16. The first-order valence-electron chi connectivity index (χ1n) is 7.38. The number of nitrogens with zero attached hydrogens (tertiary/aromatic N) is 2. The minimum absolute atomic E-state index is 0.0346. The molecule has 2 aromatic carbocycles. The summed E-state index contributed by atoms with van der Waals surface area (Å²) < 4.78 is 10.0. The minimum atomic E-state index is -0.761. The number of methoxy groups -OCH3 is 2. The molecule has 8 heteroatoms. The van der Waals surface area contributed by atoms with Crippen molar-refractivity contribution >= 4 is 23.4 Å². The number of ether oxygens (including phenoxy) is 2. The summed E-state index contributed by atoms with van der Waals surface area (Å²) in [7, 11) is 2.88. The molecule has 0 fully saturated rings. The number of nitro groups is 1. The Morgan fingerprint density at radius 1 is 1.19 bits per heavy atom. The summed E-state index contributed by atoms with van der Waals surface area (Å²) in [6.07, 6.45) is 1.37. The lowest BCUT2D eigenvalue weighted by atomic mass is 10.1. The first kappa shape index (κ1) is 18.5. The van der Waals surface area contributed by atoms with Crippen LogP contribution in [0.1, 0.15) is 5.56 Å². The van der Waals surface area contributed by atoms with E-state index in [-0.39, 0.29) is 22.7 Å². The molecule has 2 aromatic rings. The number of hydrogen-bond acceptors (Lipinski definition) is 6. The van der Waals surface area contributed by atoms with Crippen LogP contribution in [0.15, 0.2) is 48.0 Å². The summed E-state index contributed by atoms with van der Waals surface area (Å²) in [6, 6.07) is 12.6. The smallest absolute Gasteiger partial charge is 0.296 e. The summed E-state index contributed by atoms with van der Waals surface area (Å²) in [4.78, 5) is 22.9. The molecule has 0 heterocycles. The molecule has 8 nitrogen and oxygen atoms in total.